The highest BCUT2D eigenvalue weighted by atomic mass is 35.5. The molecule has 196 valence electrons. The Labute approximate surface area is 219 Å². The van der Waals surface area contributed by atoms with Gasteiger partial charge in [0.1, 0.15) is 5.75 Å². The third kappa shape index (κ3) is 6.72. The zero-order chi connectivity index (χ0) is 27.1. The van der Waals surface area contributed by atoms with E-state index in [1.54, 1.807) is 31.0 Å². The number of hydrogen-bond acceptors (Lipinski definition) is 6. The second-order valence-electron chi connectivity index (χ2n) is 8.23. The average molecular weight is 532 g/mol. The Morgan fingerprint density at radius 2 is 2.14 bits per heavy atom. The van der Waals surface area contributed by atoms with Crippen molar-refractivity contribution in [3.63, 3.8) is 0 Å². The van der Waals surface area contributed by atoms with Crippen LogP contribution in [0.2, 0.25) is 5.02 Å². The van der Waals surface area contributed by atoms with E-state index in [-0.39, 0.29) is 29.8 Å². The number of likely N-dealkylation sites (N-methyl/N-ethyl adjacent to an activating group) is 2. The van der Waals surface area contributed by atoms with Crippen LogP contribution in [0.1, 0.15) is 25.0 Å². The number of carbonyl (C=O) groups excluding carboxylic acids is 1. The molecule has 0 spiro atoms. The fourth-order valence-electron chi connectivity index (χ4n) is 3.88. The number of alkyl halides is 2. The molecule has 1 aliphatic rings. The molecule has 0 fully saturated rings. The Morgan fingerprint density at radius 3 is 2.76 bits per heavy atom. The van der Waals surface area contributed by atoms with Gasteiger partial charge in [-0.25, -0.2) is 10.0 Å². The number of nitrogens with zero attached hydrogens (tertiary/aromatic N) is 5. The van der Waals surface area contributed by atoms with Gasteiger partial charge in [-0.3, -0.25) is 10.1 Å². The third-order valence-electron chi connectivity index (χ3n) is 5.84. The quantitative estimate of drug-likeness (QED) is 0.232. The molecule has 12 heteroatoms. The second-order valence-corrected chi connectivity index (χ2v) is 8.64. The summed E-state index contributed by atoms with van der Waals surface area (Å²) in [5.41, 5.74) is 2.48. The number of halogens is 3. The van der Waals surface area contributed by atoms with Crippen LogP contribution >= 0.6 is 11.6 Å². The normalized spacial score (nSPS) is 16.3. The Morgan fingerprint density at radius 1 is 1.38 bits per heavy atom. The third-order valence-corrected chi connectivity index (χ3v) is 6.26. The van der Waals surface area contributed by atoms with E-state index in [4.69, 9.17) is 16.7 Å². The monoisotopic (exact) mass is 531 g/mol. The van der Waals surface area contributed by atoms with Crippen molar-refractivity contribution in [2.75, 3.05) is 20.1 Å². The minimum absolute atomic E-state index is 0.0625. The molecule has 3 rings (SSSR count). The fourth-order valence-corrected chi connectivity index (χ4v) is 3.99. The van der Waals surface area contributed by atoms with E-state index < -0.39 is 18.7 Å². The Kier molecular flexibility index (Phi) is 9.38. The van der Waals surface area contributed by atoms with Crippen LogP contribution in [0, 0.1) is 18.4 Å². The Hall–Kier alpha value is -3.75. The first-order valence-electron chi connectivity index (χ1n) is 11.6. The van der Waals surface area contributed by atoms with Crippen molar-refractivity contribution in [2.45, 2.75) is 39.5 Å². The number of nitrogens with one attached hydrogen (secondary N) is 2. The molecule has 1 aliphatic heterocycles. The van der Waals surface area contributed by atoms with Gasteiger partial charge < -0.3 is 15.0 Å². The van der Waals surface area contributed by atoms with Crippen LogP contribution < -0.4 is 15.4 Å². The van der Waals surface area contributed by atoms with E-state index in [2.05, 4.69) is 20.4 Å². The van der Waals surface area contributed by atoms with Gasteiger partial charge in [0.15, 0.2) is 6.19 Å². The molecule has 2 N–H and O–H groups in total. The highest BCUT2D eigenvalue weighted by molar-refractivity contribution is 6.31. The van der Waals surface area contributed by atoms with Crippen LogP contribution in [0.25, 0.3) is 0 Å². The van der Waals surface area contributed by atoms with Gasteiger partial charge in [-0.15, -0.1) is 0 Å². The van der Waals surface area contributed by atoms with E-state index in [9.17, 15) is 18.8 Å². The van der Waals surface area contributed by atoms with Crippen molar-refractivity contribution in [3.8, 4) is 11.9 Å². The minimum Gasteiger partial charge on any atom is -0.435 e. The van der Waals surface area contributed by atoms with Crippen molar-refractivity contribution < 1.29 is 18.3 Å². The predicted molar refractivity (Wildman–Crippen MR) is 138 cm³/mol. The van der Waals surface area contributed by atoms with Crippen molar-refractivity contribution in [3.05, 3.63) is 58.6 Å². The summed E-state index contributed by atoms with van der Waals surface area (Å²) in [4.78, 5) is 19.3. The molecule has 0 saturated carbocycles. The molecule has 0 aromatic heterocycles. The topological polar surface area (TPSA) is 105 Å². The summed E-state index contributed by atoms with van der Waals surface area (Å²) in [6.07, 6.45) is 1.84. The molecule has 0 radical (unpaired) electrons. The molecule has 9 nitrogen and oxygen atoms in total. The molecule has 1 heterocycles. The first kappa shape index (κ1) is 27.8. The molecule has 37 heavy (non-hydrogen) atoms. The average Bonchev–Trinajstić information content (AvgIpc) is 3.30. The number of ether oxygens (including phenoxy) is 1. The highest BCUT2D eigenvalue weighted by Gasteiger charge is 2.37. The number of amides is 1. The molecule has 2 unspecified atom stereocenters. The Balaban J connectivity index is 2.06. The maximum atomic E-state index is 13.2. The van der Waals surface area contributed by atoms with Crippen molar-refractivity contribution in [1.29, 1.82) is 5.26 Å². The summed E-state index contributed by atoms with van der Waals surface area (Å²) >= 11 is 6.23. The van der Waals surface area contributed by atoms with Gasteiger partial charge in [-0.1, -0.05) is 23.7 Å². The van der Waals surface area contributed by atoms with E-state index in [1.807, 2.05) is 32.2 Å². The second kappa shape index (κ2) is 12.5. The minimum atomic E-state index is -2.98. The van der Waals surface area contributed by atoms with Gasteiger partial charge in [0.2, 0.25) is 11.9 Å². The molecule has 1 amide bonds. The first-order valence-corrected chi connectivity index (χ1v) is 11.9. The van der Waals surface area contributed by atoms with Gasteiger partial charge in [0.05, 0.1) is 30.0 Å². The zero-order valence-electron chi connectivity index (χ0n) is 20.9. The van der Waals surface area contributed by atoms with E-state index in [0.29, 0.717) is 17.3 Å². The number of rotatable bonds is 8. The van der Waals surface area contributed by atoms with Crippen molar-refractivity contribution in [1.82, 2.24) is 20.5 Å². The first-order chi connectivity index (χ1) is 17.7. The largest absolute Gasteiger partial charge is 0.435 e. The molecule has 0 aliphatic carbocycles. The van der Waals surface area contributed by atoms with Gasteiger partial charge >= 0.3 is 6.61 Å². The lowest BCUT2D eigenvalue weighted by Gasteiger charge is -2.31. The molecule has 2 atom stereocenters. The summed E-state index contributed by atoms with van der Waals surface area (Å²) in [6.45, 7) is 3.17. The number of aryl methyl sites for hydroxylation is 1. The van der Waals surface area contributed by atoms with Gasteiger partial charge in [-0.05, 0) is 57.6 Å². The van der Waals surface area contributed by atoms with Crippen LogP contribution in [0.5, 0.6) is 5.75 Å². The molecule has 2 aromatic rings. The van der Waals surface area contributed by atoms with Gasteiger partial charge in [0, 0.05) is 23.2 Å². The smallest absolute Gasteiger partial charge is 0.387 e. The molecule has 0 bridgehead atoms. The Bertz CT molecular complexity index is 1230. The lowest BCUT2D eigenvalue weighted by molar-refractivity contribution is -0.133. The highest BCUT2D eigenvalue weighted by Crippen LogP contribution is 2.26. The van der Waals surface area contributed by atoms with Crippen LogP contribution in [0.15, 0.2) is 52.6 Å². The van der Waals surface area contributed by atoms with Crippen LogP contribution in [-0.2, 0) is 4.79 Å². The summed E-state index contributed by atoms with van der Waals surface area (Å²) in [6, 6.07) is 10.4. The number of hydrogen-bond donors (Lipinski definition) is 2. The molecule has 2 aromatic carbocycles. The van der Waals surface area contributed by atoms with Gasteiger partial charge in [0.25, 0.3) is 0 Å². The predicted octanol–water partition coefficient (Wildman–Crippen LogP) is 3.85. The number of guanidine groups is 1. The molecular weight excluding hydrogens is 504 g/mol. The number of hydrazone groups is 1. The number of benzene rings is 2. The van der Waals surface area contributed by atoms with E-state index in [1.165, 1.54) is 23.2 Å². The van der Waals surface area contributed by atoms with Crippen LogP contribution in [-0.4, -0.2) is 66.3 Å². The van der Waals surface area contributed by atoms with E-state index in [0.717, 1.165) is 11.1 Å². The van der Waals surface area contributed by atoms with Gasteiger partial charge in [-0.2, -0.15) is 19.1 Å². The molecule has 0 saturated heterocycles. The maximum Gasteiger partial charge on any atom is 0.387 e. The molecular formula is C25H28ClF2N7O2. The summed E-state index contributed by atoms with van der Waals surface area (Å²) in [7, 11) is 1.71. The summed E-state index contributed by atoms with van der Waals surface area (Å²) in [5.74, 6) is -0.122. The van der Waals surface area contributed by atoms with Crippen LogP contribution in [0.4, 0.5) is 14.5 Å². The zero-order valence-corrected chi connectivity index (χ0v) is 21.6. The number of aliphatic imine (C=N–C) groups is 1. The van der Waals surface area contributed by atoms with E-state index >= 15 is 0 Å². The van der Waals surface area contributed by atoms with Crippen molar-refractivity contribution >= 4 is 34.9 Å². The SMILES string of the molecule is CCN(C(=O)C(C)NC)C1CN(C(=Nc2cccc(OC(F)F)c2)NC#N)N=C1c1ccc(Cl)c(C)c1. The number of nitriles is 1. The summed E-state index contributed by atoms with van der Waals surface area (Å²) < 4.78 is 29.8. The van der Waals surface area contributed by atoms with Crippen LogP contribution in [0.3, 0.4) is 0 Å². The standard InChI is InChI=1S/C25H28ClF2N7O2/c1-5-34(23(36)16(3)30-4)21-13-35(33-22(21)17-9-10-20(26)15(2)11-17)25(31-14-29)32-18-7-6-8-19(12-18)37-24(27)28/h6-12,16,21,24,30H,5,13H2,1-4H3,(H,31,32). The number of carbonyl (C=O) groups is 1. The lowest BCUT2D eigenvalue weighted by atomic mass is 10.00. The fraction of sp³-hybridized carbons (Fsp3) is 0.360. The summed E-state index contributed by atoms with van der Waals surface area (Å²) in [5, 5.41) is 21.7. The van der Waals surface area contributed by atoms with Crippen molar-refractivity contribution in [2.24, 2.45) is 10.1 Å². The maximum absolute atomic E-state index is 13.2. The lowest BCUT2D eigenvalue weighted by Crippen LogP contribution is -2.52.